The monoisotopic (exact) mass is 334 g/mol. The van der Waals surface area contributed by atoms with Crippen molar-refractivity contribution in [3.63, 3.8) is 0 Å². The molecule has 7 nitrogen and oxygen atoms in total. The topological polar surface area (TPSA) is 92.5 Å². The molecule has 0 atom stereocenters. The lowest BCUT2D eigenvalue weighted by Crippen LogP contribution is -2.10. The third-order valence-corrected chi connectivity index (χ3v) is 3.96. The second kappa shape index (κ2) is 5.79. The van der Waals surface area contributed by atoms with E-state index in [1.165, 1.54) is 17.6 Å². The molecule has 4 aromatic rings. The molecule has 0 aliphatic carbocycles. The first-order valence-electron chi connectivity index (χ1n) is 7.58. The lowest BCUT2D eigenvalue weighted by atomic mass is 10.00. The Bertz CT molecular complexity index is 1120. The molecule has 0 fully saturated rings. The van der Waals surface area contributed by atoms with Gasteiger partial charge in [0.25, 0.3) is 5.78 Å². The third kappa shape index (κ3) is 2.51. The molecular weight excluding hydrogens is 320 g/mol. The number of rotatable bonds is 3. The van der Waals surface area contributed by atoms with Crippen LogP contribution in [0.2, 0.25) is 0 Å². The Hall–Kier alpha value is -3.61. The molecule has 2 aromatic heterocycles. The summed E-state index contributed by atoms with van der Waals surface area (Å²) >= 11 is 0. The second-order valence-electron chi connectivity index (χ2n) is 5.45. The van der Waals surface area contributed by atoms with Crippen LogP contribution in [0.5, 0.6) is 11.5 Å². The molecule has 124 valence electrons. The summed E-state index contributed by atoms with van der Waals surface area (Å²) in [6.07, 6.45) is 1.67. The minimum atomic E-state index is -0.370. The van der Waals surface area contributed by atoms with Gasteiger partial charge in [0.1, 0.15) is 11.5 Å². The molecule has 0 aliphatic rings. The first-order valence-corrected chi connectivity index (χ1v) is 7.58. The van der Waals surface area contributed by atoms with Crippen molar-refractivity contribution in [1.29, 1.82) is 0 Å². The number of hydrogen-bond donors (Lipinski definition) is 2. The molecule has 0 radical (unpaired) electrons. The van der Waals surface area contributed by atoms with Crippen LogP contribution < -0.4 is 10.4 Å². The van der Waals surface area contributed by atoms with Gasteiger partial charge in [0.2, 0.25) is 0 Å². The van der Waals surface area contributed by atoms with Crippen LogP contribution in [0.4, 0.5) is 0 Å². The summed E-state index contributed by atoms with van der Waals surface area (Å²) in [7, 11) is 1.53. The van der Waals surface area contributed by atoms with Crippen LogP contribution >= 0.6 is 0 Å². The van der Waals surface area contributed by atoms with Crippen molar-refractivity contribution in [2.75, 3.05) is 7.11 Å². The van der Waals surface area contributed by atoms with Crippen LogP contribution in [0, 0.1) is 0 Å². The highest BCUT2D eigenvalue weighted by Gasteiger charge is 2.16. The number of H-pyrrole nitrogens is 1. The van der Waals surface area contributed by atoms with Crippen molar-refractivity contribution in [2.24, 2.45) is 0 Å². The molecule has 0 saturated heterocycles. The maximum absolute atomic E-state index is 11.9. The number of fused-ring (bicyclic) bond motifs is 1. The lowest BCUT2D eigenvalue weighted by molar-refractivity contribution is 0.408. The molecule has 2 N–H and O–H groups in total. The Balaban J connectivity index is 2.03. The number of nitrogens with zero attached hydrogens (tertiary/aromatic N) is 3. The molecule has 0 unspecified atom stereocenters. The van der Waals surface area contributed by atoms with Gasteiger partial charge < -0.3 is 9.84 Å². The van der Waals surface area contributed by atoms with Crippen LogP contribution in [0.1, 0.15) is 0 Å². The van der Waals surface area contributed by atoms with Crippen LogP contribution in [-0.2, 0) is 0 Å². The molecule has 4 rings (SSSR count). The zero-order valence-electron chi connectivity index (χ0n) is 13.3. The predicted molar refractivity (Wildman–Crippen MR) is 92.7 cm³/mol. The Morgan fingerprint density at radius 2 is 1.92 bits per heavy atom. The van der Waals surface area contributed by atoms with E-state index in [1.807, 2.05) is 30.3 Å². The molecule has 0 saturated carbocycles. The summed E-state index contributed by atoms with van der Waals surface area (Å²) in [6, 6.07) is 14.5. The van der Waals surface area contributed by atoms with Crippen molar-refractivity contribution in [2.45, 2.75) is 0 Å². The quantitative estimate of drug-likeness (QED) is 0.600. The molecule has 2 heterocycles. The SMILES string of the molecule is COc1ccc(-c2nc3n[nH]c(=O)n3cc2-c2ccccc2)c(O)c1. The van der Waals surface area contributed by atoms with Gasteiger partial charge in [-0.25, -0.2) is 19.3 Å². The number of ether oxygens (including phenoxy) is 1. The maximum atomic E-state index is 11.9. The Labute approximate surface area is 142 Å². The first-order chi connectivity index (χ1) is 12.2. The molecule has 7 heteroatoms. The fourth-order valence-corrected chi connectivity index (χ4v) is 2.72. The van der Waals surface area contributed by atoms with Gasteiger partial charge in [0.05, 0.1) is 12.8 Å². The summed E-state index contributed by atoms with van der Waals surface area (Å²) in [5.74, 6) is 0.806. The minimum Gasteiger partial charge on any atom is -0.507 e. The van der Waals surface area contributed by atoms with E-state index in [0.717, 1.165) is 5.56 Å². The van der Waals surface area contributed by atoms with Crippen molar-refractivity contribution in [3.8, 4) is 33.9 Å². The summed E-state index contributed by atoms with van der Waals surface area (Å²) < 4.78 is 6.47. The van der Waals surface area contributed by atoms with E-state index in [2.05, 4.69) is 15.2 Å². The zero-order chi connectivity index (χ0) is 17.4. The predicted octanol–water partition coefficient (Wildman–Crippen LogP) is 2.47. The first kappa shape index (κ1) is 14.9. The van der Waals surface area contributed by atoms with Gasteiger partial charge in [0.15, 0.2) is 0 Å². The molecule has 0 bridgehead atoms. The zero-order valence-corrected chi connectivity index (χ0v) is 13.3. The van der Waals surface area contributed by atoms with Gasteiger partial charge in [-0.1, -0.05) is 30.3 Å². The highest BCUT2D eigenvalue weighted by atomic mass is 16.5. The number of phenols is 1. The van der Waals surface area contributed by atoms with E-state index in [1.54, 1.807) is 18.3 Å². The molecular formula is C18H14N4O3. The highest BCUT2D eigenvalue weighted by molar-refractivity contribution is 5.84. The summed E-state index contributed by atoms with van der Waals surface area (Å²) in [4.78, 5) is 16.4. The molecule has 0 amide bonds. The Morgan fingerprint density at radius 1 is 1.12 bits per heavy atom. The second-order valence-corrected chi connectivity index (χ2v) is 5.45. The average Bonchev–Trinajstić information content (AvgIpc) is 3.01. The standard InChI is InChI=1S/C18H14N4O3/c1-25-12-7-8-13(15(23)9-12)16-14(11-5-3-2-4-6-11)10-22-17(19-16)20-21-18(22)24/h2-10,23H,1H3,(H,21,24). The van der Waals surface area contributed by atoms with E-state index in [9.17, 15) is 9.90 Å². The maximum Gasteiger partial charge on any atom is 0.348 e. The number of aromatic nitrogens is 4. The Morgan fingerprint density at radius 3 is 2.64 bits per heavy atom. The lowest BCUT2D eigenvalue weighted by Gasteiger charge is -2.12. The van der Waals surface area contributed by atoms with Gasteiger partial charge in [0, 0.05) is 23.4 Å². The summed E-state index contributed by atoms with van der Waals surface area (Å²) in [6.45, 7) is 0. The van der Waals surface area contributed by atoms with Crippen LogP contribution in [-0.4, -0.2) is 31.8 Å². The van der Waals surface area contributed by atoms with E-state index in [0.29, 0.717) is 22.6 Å². The average molecular weight is 334 g/mol. The van der Waals surface area contributed by atoms with Crippen molar-refractivity contribution < 1.29 is 9.84 Å². The van der Waals surface area contributed by atoms with Gasteiger partial charge in [-0.2, -0.15) is 0 Å². The minimum absolute atomic E-state index is 0.0336. The smallest absolute Gasteiger partial charge is 0.348 e. The Kier molecular flexibility index (Phi) is 3.46. The van der Waals surface area contributed by atoms with E-state index in [-0.39, 0.29) is 17.2 Å². The molecule has 0 aliphatic heterocycles. The largest absolute Gasteiger partial charge is 0.507 e. The third-order valence-electron chi connectivity index (χ3n) is 3.96. The van der Waals surface area contributed by atoms with Crippen LogP contribution in [0.15, 0.2) is 59.5 Å². The number of methoxy groups -OCH3 is 1. The van der Waals surface area contributed by atoms with Gasteiger partial charge >= 0.3 is 5.69 Å². The summed E-state index contributed by atoms with van der Waals surface area (Å²) in [5.41, 5.74) is 2.26. The van der Waals surface area contributed by atoms with Crippen molar-refractivity contribution in [3.05, 3.63) is 65.2 Å². The number of phenolic OH excluding ortho intramolecular Hbond substituents is 1. The van der Waals surface area contributed by atoms with Crippen LogP contribution in [0.25, 0.3) is 28.2 Å². The number of aromatic hydroxyl groups is 1. The van der Waals surface area contributed by atoms with Crippen molar-refractivity contribution >= 4 is 5.78 Å². The number of nitrogens with one attached hydrogen (secondary N) is 1. The van der Waals surface area contributed by atoms with Crippen LogP contribution in [0.3, 0.4) is 0 Å². The van der Waals surface area contributed by atoms with Gasteiger partial charge in [-0.15, -0.1) is 5.10 Å². The van der Waals surface area contributed by atoms with E-state index < -0.39 is 0 Å². The van der Waals surface area contributed by atoms with Crippen molar-refractivity contribution in [1.82, 2.24) is 19.6 Å². The molecule has 25 heavy (non-hydrogen) atoms. The highest BCUT2D eigenvalue weighted by Crippen LogP contribution is 2.37. The van der Waals surface area contributed by atoms with E-state index in [4.69, 9.17) is 4.74 Å². The van der Waals surface area contributed by atoms with E-state index >= 15 is 0 Å². The van der Waals surface area contributed by atoms with Gasteiger partial charge in [-0.05, 0) is 17.7 Å². The summed E-state index contributed by atoms with van der Waals surface area (Å²) in [5, 5.41) is 16.7. The number of aromatic amines is 1. The van der Waals surface area contributed by atoms with Gasteiger partial charge in [-0.3, -0.25) is 0 Å². The fourth-order valence-electron chi connectivity index (χ4n) is 2.72. The normalized spacial score (nSPS) is 10.9. The fraction of sp³-hybridized carbons (Fsp3) is 0.0556. The number of hydrogen-bond acceptors (Lipinski definition) is 5. The molecule has 0 spiro atoms. The number of benzene rings is 2. The molecule has 2 aromatic carbocycles.